The maximum Gasteiger partial charge on any atom is 0.0626 e. The van der Waals surface area contributed by atoms with Crippen molar-refractivity contribution in [3.05, 3.63) is 35.4 Å². The van der Waals surface area contributed by atoms with E-state index in [0.29, 0.717) is 6.04 Å². The molecule has 0 aliphatic heterocycles. The molecule has 0 N–H and O–H groups in total. The second-order valence-electron chi connectivity index (χ2n) is 2.11. The Labute approximate surface area is 82.6 Å². The van der Waals surface area contributed by atoms with Crippen LogP contribution in [0.1, 0.15) is 19.4 Å². The SMILES string of the molecule is [2H]c1cc(C#CC)ccc1CI. The zero-order valence-electron chi connectivity index (χ0n) is 7.32. The van der Waals surface area contributed by atoms with Crippen molar-refractivity contribution < 1.29 is 1.37 Å². The van der Waals surface area contributed by atoms with Crippen LogP contribution in [0.4, 0.5) is 0 Å². The molecular weight excluding hydrogens is 247 g/mol. The van der Waals surface area contributed by atoms with Crippen LogP contribution >= 0.6 is 22.6 Å². The first-order valence-electron chi connectivity index (χ1n) is 3.86. The molecule has 0 nitrogen and oxygen atoms in total. The van der Waals surface area contributed by atoms with E-state index in [1.807, 2.05) is 18.2 Å². The second kappa shape index (κ2) is 4.40. The van der Waals surface area contributed by atoms with Gasteiger partial charge in [-0.15, -0.1) is 5.92 Å². The third kappa shape index (κ3) is 2.55. The zero-order chi connectivity index (χ0) is 8.97. The van der Waals surface area contributed by atoms with E-state index < -0.39 is 0 Å². The average molecular weight is 257 g/mol. The summed E-state index contributed by atoms with van der Waals surface area (Å²) >= 11 is 2.26. The predicted octanol–water partition coefficient (Wildman–Crippen LogP) is 2.99. The molecule has 1 rings (SSSR count). The standard InChI is InChI=1S/C10H9I/c1-2-3-9-4-6-10(8-11)7-5-9/h4-7H,8H2,1H3/i6D. The van der Waals surface area contributed by atoms with Crippen LogP contribution in [0.5, 0.6) is 0 Å². The molecule has 0 spiro atoms. The summed E-state index contributed by atoms with van der Waals surface area (Å²) in [6.45, 7) is 1.80. The monoisotopic (exact) mass is 257 g/mol. The van der Waals surface area contributed by atoms with Crippen LogP contribution < -0.4 is 0 Å². The first kappa shape index (κ1) is 7.17. The quantitative estimate of drug-likeness (QED) is 0.412. The summed E-state index contributed by atoms with van der Waals surface area (Å²) in [5.41, 5.74) is 1.99. The summed E-state index contributed by atoms with van der Waals surface area (Å²) in [7, 11) is 0. The molecule has 1 heteroatoms. The smallest absolute Gasteiger partial charge is 0.0626 e. The molecular formula is C10H9I. The minimum Gasteiger partial charge on any atom is -0.101 e. The highest BCUT2D eigenvalue weighted by atomic mass is 127. The van der Waals surface area contributed by atoms with Gasteiger partial charge in [-0.3, -0.25) is 0 Å². The van der Waals surface area contributed by atoms with Gasteiger partial charge in [-0.2, -0.15) is 0 Å². The topological polar surface area (TPSA) is 0 Å². The molecule has 0 aromatic heterocycles. The Hall–Kier alpha value is -0.490. The Bertz CT molecular complexity index is 333. The lowest BCUT2D eigenvalue weighted by Gasteiger charge is -1.93. The van der Waals surface area contributed by atoms with Gasteiger partial charge >= 0.3 is 0 Å². The van der Waals surface area contributed by atoms with Crippen molar-refractivity contribution in [3.63, 3.8) is 0 Å². The maximum atomic E-state index is 7.62. The van der Waals surface area contributed by atoms with Gasteiger partial charge in [-0.05, 0) is 24.6 Å². The number of halogens is 1. The van der Waals surface area contributed by atoms with Crippen LogP contribution in [-0.4, -0.2) is 0 Å². The van der Waals surface area contributed by atoms with Crippen molar-refractivity contribution in [1.29, 1.82) is 0 Å². The molecule has 0 atom stereocenters. The molecule has 56 valence electrons. The van der Waals surface area contributed by atoms with E-state index in [-0.39, 0.29) is 0 Å². The van der Waals surface area contributed by atoms with Crippen molar-refractivity contribution in [2.24, 2.45) is 0 Å². The van der Waals surface area contributed by atoms with Crippen LogP contribution in [0.3, 0.4) is 0 Å². The molecule has 0 saturated carbocycles. The van der Waals surface area contributed by atoms with Gasteiger partial charge in [0.1, 0.15) is 0 Å². The molecule has 0 unspecified atom stereocenters. The van der Waals surface area contributed by atoms with Gasteiger partial charge in [-0.1, -0.05) is 40.6 Å². The third-order valence-corrected chi connectivity index (χ3v) is 2.11. The van der Waals surface area contributed by atoms with Crippen LogP contribution in [0.25, 0.3) is 0 Å². The van der Waals surface area contributed by atoms with Gasteiger partial charge < -0.3 is 0 Å². The maximum absolute atomic E-state index is 7.62. The molecule has 0 radical (unpaired) electrons. The molecule has 0 saturated heterocycles. The lowest BCUT2D eigenvalue weighted by Crippen LogP contribution is -1.77. The van der Waals surface area contributed by atoms with Crippen molar-refractivity contribution in [2.45, 2.75) is 11.4 Å². The Balaban J connectivity index is 3.07. The van der Waals surface area contributed by atoms with E-state index >= 15 is 0 Å². The Morgan fingerprint density at radius 3 is 2.91 bits per heavy atom. The van der Waals surface area contributed by atoms with Gasteiger partial charge in [0.15, 0.2) is 0 Å². The van der Waals surface area contributed by atoms with Crippen LogP contribution in [0.2, 0.25) is 0 Å². The van der Waals surface area contributed by atoms with E-state index in [4.69, 9.17) is 1.37 Å². The van der Waals surface area contributed by atoms with E-state index in [1.54, 1.807) is 6.92 Å². The highest BCUT2D eigenvalue weighted by Crippen LogP contribution is 2.06. The van der Waals surface area contributed by atoms with Crippen molar-refractivity contribution in [1.82, 2.24) is 0 Å². The largest absolute Gasteiger partial charge is 0.101 e. The summed E-state index contributed by atoms with van der Waals surface area (Å²) in [6, 6.07) is 6.33. The summed E-state index contributed by atoms with van der Waals surface area (Å²) in [6.07, 6.45) is 0. The highest BCUT2D eigenvalue weighted by Gasteiger charge is 1.88. The fraction of sp³-hybridized carbons (Fsp3) is 0.200. The third-order valence-electron chi connectivity index (χ3n) is 1.29. The molecule has 1 aromatic carbocycles. The fourth-order valence-electron chi connectivity index (χ4n) is 0.762. The van der Waals surface area contributed by atoms with E-state index in [0.717, 1.165) is 15.6 Å². The first-order valence-corrected chi connectivity index (χ1v) is 4.88. The summed E-state index contributed by atoms with van der Waals surface area (Å²) < 4.78 is 8.50. The fourth-order valence-corrected chi connectivity index (χ4v) is 1.24. The minimum absolute atomic E-state index is 0.588. The van der Waals surface area contributed by atoms with Gasteiger partial charge in [0.25, 0.3) is 0 Å². The van der Waals surface area contributed by atoms with Crippen LogP contribution in [0, 0.1) is 11.8 Å². The predicted molar refractivity (Wildman–Crippen MR) is 56.7 cm³/mol. The second-order valence-corrected chi connectivity index (χ2v) is 2.87. The average Bonchev–Trinajstić information content (AvgIpc) is 2.05. The van der Waals surface area contributed by atoms with Gasteiger partial charge in [0.05, 0.1) is 1.37 Å². The molecule has 0 amide bonds. The number of hydrogen-bond donors (Lipinski definition) is 0. The van der Waals surface area contributed by atoms with Gasteiger partial charge in [0.2, 0.25) is 0 Å². The van der Waals surface area contributed by atoms with Crippen LogP contribution in [-0.2, 0) is 4.43 Å². The number of hydrogen-bond acceptors (Lipinski definition) is 0. The lowest BCUT2D eigenvalue weighted by atomic mass is 10.2. The Kier molecular flexibility index (Phi) is 2.87. The first-order chi connectivity index (χ1) is 5.77. The Morgan fingerprint density at radius 1 is 1.55 bits per heavy atom. The molecule has 0 fully saturated rings. The van der Waals surface area contributed by atoms with Crippen LogP contribution in [0.15, 0.2) is 24.2 Å². The summed E-state index contributed by atoms with van der Waals surface area (Å²) in [5.74, 6) is 5.74. The summed E-state index contributed by atoms with van der Waals surface area (Å²) in [5, 5.41) is 0. The lowest BCUT2D eigenvalue weighted by molar-refractivity contribution is 1.44. The zero-order valence-corrected chi connectivity index (χ0v) is 8.47. The molecule has 1 aromatic rings. The molecule has 0 bridgehead atoms. The molecule has 11 heavy (non-hydrogen) atoms. The molecule has 0 heterocycles. The molecule has 0 aliphatic rings. The minimum atomic E-state index is 0.588. The van der Waals surface area contributed by atoms with Gasteiger partial charge in [0, 0.05) is 9.99 Å². The number of rotatable bonds is 1. The number of alkyl halides is 1. The Morgan fingerprint density at radius 2 is 2.36 bits per heavy atom. The summed E-state index contributed by atoms with van der Waals surface area (Å²) in [4.78, 5) is 0. The van der Waals surface area contributed by atoms with E-state index in [9.17, 15) is 0 Å². The van der Waals surface area contributed by atoms with E-state index in [2.05, 4.69) is 34.4 Å². The molecule has 0 aliphatic carbocycles. The van der Waals surface area contributed by atoms with Crippen molar-refractivity contribution in [2.75, 3.05) is 0 Å². The van der Waals surface area contributed by atoms with Gasteiger partial charge in [-0.25, -0.2) is 0 Å². The normalized spacial score (nSPS) is 9.82. The van der Waals surface area contributed by atoms with Crippen molar-refractivity contribution in [3.8, 4) is 11.8 Å². The highest BCUT2D eigenvalue weighted by molar-refractivity contribution is 14.1. The van der Waals surface area contributed by atoms with E-state index in [1.165, 1.54) is 0 Å². The van der Waals surface area contributed by atoms with Crippen molar-refractivity contribution >= 4 is 22.6 Å². The number of benzene rings is 1.